The molecule has 1 amide bonds. The van der Waals surface area contributed by atoms with Gasteiger partial charge in [0.2, 0.25) is 5.91 Å². The minimum atomic E-state index is -0.249. The van der Waals surface area contributed by atoms with Crippen molar-refractivity contribution in [2.75, 3.05) is 39.4 Å². The summed E-state index contributed by atoms with van der Waals surface area (Å²) in [7, 11) is 0. The Labute approximate surface area is 145 Å². The van der Waals surface area contributed by atoms with Gasteiger partial charge in [-0.05, 0) is 51.6 Å². The van der Waals surface area contributed by atoms with Gasteiger partial charge in [0.15, 0.2) is 0 Å². The van der Waals surface area contributed by atoms with Crippen molar-refractivity contribution in [1.82, 2.24) is 10.2 Å². The van der Waals surface area contributed by atoms with Crippen LogP contribution in [0, 0.1) is 13.8 Å². The molecule has 4 nitrogen and oxygen atoms in total. The van der Waals surface area contributed by atoms with E-state index in [-0.39, 0.29) is 11.3 Å². The van der Waals surface area contributed by atoms with E-state index in [0.717, 1.165) is 65.1 Å². The molecule has 4 heteroatoms. The van der Waals surface area contributed by atoms with Gasteiger partial charge in [-0.25, -0.2) is 0 Å². The van der Waals surface area contributed by atoms with E-state index in [0.29, 0.717) is 0 Å². The Morgan fingerprint density at radius 2 is 1.79 bits per heavy atom. The Morgan fingerprint density at radius 1 is 1.12 bits per heavy atom. The van der Waals surface area contributed by atoms with Crippen molar-refractivity contribution in [3.63, 3.8) is 0 Å². The van der Waals surface area contributed by atoms with Gasteiger partial charge in [0, 0.05) is 19.6 Å². The van der Waals surface area contributed by atoms with Crippen molar-refractivity contribution in [3.8, 4) is 0 Å². The number of unbranched alkanes of at least 4 members (excludes halogenated alkanes) is 1. The Kier molecular flexibility index (Phi) is 5.57. The summed E-state index contributed by atoms with van der Waals surface area (Å²) in [6.45, 7) is 9.91. The highest BCUT2D eigenvalue weighted by Gasteiger charge is 2.51. The fraction of sp³-hybridized carbons (Fsp3) is 0.650. The minimum Gasteiger partial charge on any atom is -0.379 e. The fourth-order valence-electron chi connectivity index (χ4n) is 3.68. The maximum atomic E-state index is 12.7. The SMILES string of the molecule is Cc1cc(C)cc(C2(C(=O)NCCCCN3CCOCC3)CC2)c1. The lowest BCUT2D eigenvalue weighted by atomic mass is 9.92. The van der Waals surface area contributed by atoms with E-state index in [4.69, 9.17) is 4.74 Å². The number of nitrogens with zero attached hydrogens (tertiary/aromatic N) is 1. The molecular formula is C20H30N2O2. The summed E-state index contributed by atoms with van der Waals surface area (Å²) in [6, 6.07) is 6.53. The van der Waals surface area contributed by atoms with Crippen LogP contribution in [0.2, 0.25) is 0 Å². The lowest BCUT2D eigenvalue weighted by molar-refractivity contribution is -0.123. The van der Waals surface area contributed by atoms with Gasteiger partial charge in [0.05, 0.1) is 18.6 Å². The molecule has 1 saturated heterocycles. The molecular weight excluding hydrogens is 300 g/mol. The molecule has 1 aromatic carbocycles. The normalized spacial score (nSPS) is 19.9. The average molecular weight is 330 g/mol. The molecule has 0 unspecified atom stereocenters. The van der Waals surface area contributed by atoms with Gasteiger partial charge in [-0.1, -0.05) is 29.3 Å². The lowest BCUT2D eigenvalue weighted by Gasteiger charge is -2.26. The first-order chi connectivity index (χ1) is 11.6. The zero-order valence-corrected chi connectivity index (χ0v) is 15.1. The molecule has 0 atom stereocenters. The van der Waals surface area contributed by atoms with E-state index in [1.807, 2.05) is 0 Å². The summed E-state index contributed by atoms with van der Waals surface area (Å²) >= 11 is 0. The van der Waals surface area contributed by atoms with Crippen LogP contribution in [-0.2, 0) is 14.9 Å². The van der Waals surface area contributed by atoms with Crippen LogP contribution < -0.4 is 5.32 Å². The van der Waals surface area contributed by atoms with Gasteiger partial charge in [0.1, 0.15) is 0 Å². The van der Waals surface area contributed by atoms with Crippen LogP contribution in [0.1, 0.15) is 42.4 Å². The number of nitrogens with one attached hydrogen (secondary N) is 1. The van der Waals surface area contributed by atoms with Crippen LogP contribution in [0.3, 0.4) is 0 Å². The molecule has 0 spiro atoms. The number of amides is 1. The second-order valence-corrected chi connectivity index (χ2v) is 7.38. The van der Waals surface area contributed by atoms with E-state index >= 15 is 0 Å². The number of hydrogen-bond acceptors (Lipinski definition) is 3. The zero-order chi connectivity index (χ0) is 17.0. The monoisotopic (exact) mass is 330 g/mol. The van der Waals surface area contributed by atoms with E-state index in [1.165, 1.54) is 16.7 Å². The summed E-state index contributed by atoms with van der Waals surface area (Å²) in [5, 5.41) is 3.18. The van der Waals surface area contributed by atoms with Crippen LogP contribution >= 0.6 is 0 Å². The zero-order valence-electron chi connectivity index (χ0n) is 15.1. The number of carbonyl (C=O) groups is 1. The van der Waals surface area contributed by atoms with Crippen molar-refractivity contribution in [2.24, 2.45) is 0 Å². The standard InChI is InChI=1S/C20H30N2O2/c1-16-13-17(2)15-18(14-16)20(5-6-20)19(23)21-7-3-4-8-22-9-11-24-12-10-22/h13-15H,3-12H2,1-2H3,(H,21,23). The third-order valence-electron chi connectivity index (χ3n) is 5.25. The van der Waals surface area contributed by atoms with Crippen molar-refractivity contribution in [1.29, 1.82) is 0 Å². The number of rotatable bonds is 7. The molecule has 2 aliphatic rings. The van der Waals surface area contributed by atoms with Gasteiger partial charge < -0.3 is 10.1 Å². The van der Waals surface area contributed by atoms with Crippen LogP contribution in [0.25, 0.3) is 0 Å². The highest BCUT2D eigenvalue weighted by molar-refractivity contribution is 5.91. The van der Waals surface area contributed by atoms with Crippen molar-refractivity contribution in [2.45, 2.75) is 44.9 Å². The van der Waals surface area contributed by atoms with Crippen LogP contribution in [0.4, 0.5) is 0 Å². The summed E-state index contributed by atoms with van der Waals surface area (Å²) in [6.07, 6.45) is 4.15. The number of ether oxygens (including phenoxy) is 1. The first kappa shape index (κ1) is 17.4. The molecule has 1 heterocycles. The molecule has 1 aliphatic carbocycles. The summed E-state index contributed by atoms with van der Waals surface area (Å²) < 4.78 is 5.36. The van der Waals surface area contributed by atoms with Crippen LogP contribution in [0.5, 0.6) is 0 Å². The summed E-state index contributed by atoms with van der Waals surface area (Å²) in [5.74, 6) is 0.221. The Bertz CT molecular complexity index is 555. The Morgan fingerprint density at radius 3 is 2.42 bits per heavy atom. The number of benzene rings is 1. The summed E-state index contributed by atoms with van der Waals surface area (Å²) in [5.41, 5.74) is 3.44. The molecule has 1 N–H and O–H groups in total. The van der Waals surface area contributed by atoms with Gasteiger partial charge >= 0.3 is 0 Å². The van der Waals surface area contributed by atoms with E-state index in [9.17, 15) is 4.79 Å². The third-order valence-corrected chi connectivity index (χ3v) is 5.25. The highest BCUT2D eigenvalue weighted by Crippen LogP contribution is 2.48. The van der Waals surface area contributed by atoms with Gasteiger partial charge in [-0.3, -0.25) is 9.69 Å². The number of aryl methyl sites for hydroxylation is 2. The Balaban J connectivity index is 1.43. The number of carbonyl (C=O) groups excluding carboxylic acids is 1. The van der Waals surface area contributed by atoms with Gasteiger partial charge in [0.25, 0.3) is 0 Å². The maximum Gasteiger partial charge on any atom is 0.230 e. The maximum absolute atomic E-state index is 12.7. The molecule has 1 saturated carbocycles. The topological polar surface area (TPSA) is 41.6 Å². The molecule has 1 aliphatic heterocycles. The van der Waals surface area contributed by atoms with E-state index < -0.39 is 0 Å². The molecule has 1 aromatic rings. The van der Waals surface area contributed by atoms with E-state index in [1.54, 1.807) is 0 Å². The van der Waals surface area contributed by atoms with Crippen LogP contribution in [0.15, 0.2) is 18.2 Å². The molecule has 132 valence electrons. The second kappa shape index (κ2) is 7.66. The van der Waals surface area contributed by atoms with Crippen molar-refractivity contribution in [3.05, 3.63) is 34.9 Å². The first-order valence-electron chi connectivity index (χ1n) is 9.27. The predicted octanol–water partition coefficient (Wildman–Crippen LogP) is 2.56. The van der Waals surface area contributed by atoms with Crippen molar-refractivity contribution < 1.29 is 9.53 Å². The molecule has 0 bridgehead atoms. The third kappa shape index (κ3) is 4.17. The molecule has 2 fully saturated rings. The van der Waals surface area contributed by atoms with E-state index in [2.05, 4.69) is 42.3 Å². The second-order valence-electron chi connectivity index (χ2n) is 7.38. The average Bonchev–Trinajstić information content (AvgIpc) is 3.36. The van der Waals surface area contributed by atoms with Crippen molar-refractivity contribution >= 4 is 5.91 Å². The lowest BCUT2D eigenvalue weighted by Crippen LogP contribution is -2.38. The summed E-state index contributed by atoms with van der Waals surface area (Å²) in [4.78, 5) is 15.1. The number of hydrogen-bond donors (Lipinski definition) is 1. The highest BCUT2D eigenvalue weighted by atomic mass is 16.5. The van der Waals surface area contributed by atoms with Crippen LogP contribution in [-0.4, -0.2) is 50.2 Å². The van der Waals surface area contributed by atoms with Gasteiger partial charge in [-0.15, -0.1) is 0 Å². The smallest absolute Gasteiger partial charge is 0.230 e. The van der Waals surface area contributed by atoms with Gasteiger partial charge in [-0.2, -0.15) is 0 Å². The Hall–Kier alpha value is -1.39. The molecule has 24 heavy (non-hydrogen) atoms. The quantitative estimate of drug-likeness (QED) is 0.781. The molecule has 0 radical (unpaired) electrons. The molecule has 0 aromatic heterocycles. The predicted molar refractivity (Wildman–Crippen MR) is 96.3 cm³/mol. The number of morpholine rings is 1. The first-order valence-corrected chi connectivity index (χ1v) is 9.27. The largest absolute Gasteiger partial charge is 0.379 e. The minimum absolute atomic E-state index is 0.221. The molecule has 3 rings (SSSR count). The fourth-order valence-corrected chi connectivity index (χ4v) is 3.68.